The van der Waals surface area contributed by atoms with Crippen molar-refractivity contribution in [1.82, 2.24) is 9.29 Å². The summed E-state index contributed by atoms with van der Waals surface area (Å²) in [7, 11) is -1.85. The van der Waals surface area contributed by atoms with Gasteiger partial charge in [0.2, 0.25) is 10.0 Å². The molecule has 1 aliphatic rings. The summed E-state index contributed by atoms with van der Waals surface area (Å²) in [6, 6.07) is 1.46. The molecule has 2 heterocycles. The van der Waals surface area contributed by atoms with Gasteiger partial charge in [0, 0.05) is 36.8 Å². The van der Waals surface area contributed by atoms with Gasteiger partial charge in [-0.2, -0.15) is 16.1 Å². The molecule has 1 aliphatic heterocycles. The highest BCUT2D eigenvalue weighted by Gasteiger charge is 2.31. The van der Waals surface area contributed by atoms with Crippen LogP contribution >= 0.6 is 23.4 Å². The molecule has 0 radical (unpaired) electrons. The summed E-state index contributed by atoms with van der Waals surface area (Å²) in [5.74, 6) is 1.27. The number of thioether (sulfide) groups is 1. The van der Waals surface area contributed by atoms with Gasteiger partial charge in [-0.1, -0.05) is 25.4 Å². The summed E-state index contributed by atoms with van der Waals surface area (Å²) in [4.78, 5) is 4.21. The predicted octanol–water partition coefficient (Wildman–Crippen LogP) is 2.68. The van der Waals surface area contributed by atoms with Crippen LogP contribution in [0, 0.1) is 0 Å². The van der Waals surface area contributed by atoms with Crippen molar-refractivity contribution >= 4 is 39.2 Å². The first-order valence-electron chi connectivity index (χ1n) is 6.74. The molecule has 118 valence electrons. The Balaban J connectivity index is 2.27. The van der Waals surface area contributed by atoms with E-state index in [2.05, 4.69) is 24.1 Å². The molecule has 0 atom stereocenters. The van der Waals surface area contributed by atoms with Crippen LogP contribution in [0.15, 0.2) is 17.2 Å². The van der Waals surface area contributed by atoms with Gasteiger partial charge < -0.3 is 5.32 Å². The van der Waals surface area contributed by atoms with Crippen molar-refractivity contribution in [2.45, 2.75) is 29.9 Å². The number of aromatic nitrogens is 1. The van der Waals surface area contributed by atoms with Crippen molar-refractivity contribution in [3.05, 3.63) is 17.3 Å². The van der Waals surface area contributed by atoms with Crippen molar-refractivity contribution in [3.63, 3.8) is 0 Å². The molecule has 0 spiro atoms. The van der Waals surface area contributed by atoms with Crippen molar-refractivity contribution in [2.75, 3.05) is 31.2 Å². The maximum Gasteiger partial charge on any atom is 0.244 e. The highest BCUT2D eigenvalue weighted by molar-refractivity contribution is 8.00. The molecule has 0 amide bonds. The third-order valence-corrected chi connectivity index (χ3v) is 7.01. The number of pyridine rings is 1. The number of nitrogens with zero attached hydrogens (tertiary/aromatic N) is 2. The van der Waals surface area contributed by atoms with E-state index in [1.165, 1.54) is 16.6 Å². The Morgan fingerprint density at radius 2 is 2.14 bits per heavy atom. The second kappa shape index (κ2) is 6.32. The van der Waals surface area contributed by atoms with Crippen LogP contribution in [0.1, 0.15) is 20.3 Å². The first-order valence-corrected chi connectivity index (χ1v) is 9.54. The normalized spacial score (nSPS) is 20.0. The van der Waals surface area contributed by atoms with Crippen LogP contribution in [0.3, 0.4) is 0 Å². The lowest BCUT2D eigenvalue weighted by Gasteiger charge is -2.22. The Morgan fingerprint density at radius 3 is 2.76 bits per heavy atom. The molecule has 1 saturated heterocycles. The zero-order chi connectivity index (χ0) is 15.7. The molecule has 2 rings (SSSR count). The molecular formula is C13H20ClN3O2S2. The maximum atomic E-state index is 12.7. The average Bonchev–Trinajstić information content (AvgIpc) is 2.60. The van der Waals surface area contributed by atoms with Gasteiger partial charge in [-0.25, -0.2) is 13.4 Å². The van der Waals surface area contributed by atoms with E-state index in [4.69, 9.17) is 11.6 Å². The minimum absolute atomic E-state index is 0.107. The number of rotatable bonds is 3. The number of hydrogen-bond donors (Lipinski definition) is 1. The van der Waals surface area contributed by atoms with Crippen LogP contribution in [0.5, 0.6) is 0 Å². The second-order valence-corrected chi connectivity index (χ2v) is 9.66. The Hall–Kier alpha value is -0.500. The van der Waals surface area contributed by atoms with E-state index < -0.39 is 10.0 Å². The van der Waals surface area contributed by atoms with Gasteiger partial charge in [-0.3, -0.25) is 0 Å². The minimum atomic E-state index is -3.54. The molecular weight excluding hydrogens is 330 g/mol. The Labute approximate surface area is 135 Å². The summed E-state index contributed by atoms with van der Waals surface area (Å²) in [5, 5.41) is 3.13. The topological polar surface area (TPSA) is 62.3 Å². The first-order chi connectivity index (χ1) is 9.76. The predicted molar refractivity (Wildman–Crippen MR) is 88.7 cm³/mol. The molecule has 1 aromatic heterocycles. The number of nitrogens with one attached hydrogen (secondary N) is 1. The van der Waals surface area contributed by atoms with Crippen molar-refractivity contribution < 1.29 is 8.42 Å². The molecule has 0 unspecified atom stereocenters. The van der Waals surface area contributed by atoms with E-state index in [-0.39, 0.29) is 9.64 Å². The monoisotopic (exact) mass is 349 g/mol. The Kier molecular flexibility index (Phi) is 5.07. The van der Waals surface area contributed by atoms with Crippen molar-refractivity contribution in [1.29, 1.82) is 0 Å². The molecule has 8 heteroatoms. The third-order valence-electron chi connectivity index (χ3n) is 3.49. The Bertz CT molecular complexity index is 620. The first kappa shape index (κ1) is 16.9. The van der Waals surface area contributed by atoms with Crippen LogP contribution in [0.25, 0.3) is 0 Å². The largest absolute Gasteiger partial charge is 0.372 e. The molecule has 0 aromatic carbocycles. The lowest BCUT2D eigenvalue weighted by molar-refractivity contribution is 0.415. The van der Waals surface area contributed by atoms with Crippen LogP contribution in [0.4, 0.5) is 5.82 Å². The lowest BCUT2D eigenvalue weighted by atomic mass is 10.1. The Morgan fingerprint density at radius 1 is 1.43 bits per heavy atom. The molecule has 0 bridgehead atoms. The summed E-state index contributed by atoms with van der Waals surface area (Å²) >= 11 is 7.85. The second-order valence-electron chi connectivity index (χ2n) is 5.51. The molecule has 1 fully saturated rings. The summed E-state index contributed by atoms with van der Waals surface area (Å²) < 4.78 is 27.0. The van der Waals surface area contributed by atoms with E-state index >= 15 is 0 Å². The van der Waals surface area contributed by atoms with E-state index in [1.54, 1.807) is 7.05 Å². The third kappa shape index (κ3) is 3.83. The highest BCUT2D eigenvalue weighted by Crippen LogP contribution is 2.33. The fraction of sp³-hybridized carbons (Fsp3) is 0.615. The van der Waals surface area contributed by atoms with Gasteiger partial charge >= 0.3 is 0 Å². The fourth-order valence-corrected chi connectivity index (χ4v) is 5.09. The summed E-state index contributed by atoms with van der Waals surface area (Å²) in [6.45, 7) is 5.33. The van der Waals surface area contributed by atoms with Crippen molar-refractivity contribution in [2.24, 2.45) is 0 Å². The van der Waals surface area contributed by atoms with Crippen LogP contribution in [0.2, 0.25) is 5.02 Å². The quantitative estimate of drug-likeness (QED) is 0.909. The van der Waals surface area contributed by atoms with Gasteiger partial charge in [0.05, 0.1) is 5.02 Å². The molecule has 0 saturated carbocycles. The van der Waals surface area contributed by atoms with Crippen molar-refractivity contribution in [3.8, 4) is 0 Å². The number of sulfonamides is 1. The molecule has 1 N–H and O–H groups in total. The van der Waals surface area contributed by atoms with Gasteiger partial charge in [-0.15, -0.1) is 0 Å². The molecule has 5 nitrogen and oxygen atoms in total. The van der Waals surface area contributed by atoms with Gasteiger partial charge in [0.15, 0.2) is 0 Å². The molecule has 0 aliphatic carbocycles. The molecule has 1 aromatic rings. The fourth-order valence-electron chi connectivity index (χ4n) is 2.14. The van der Waals surface area contributed by atoms with Gasteiger partial charge in [-0.05, 0) is 12.5 Å². The minimum Gasteiger partial charge on any atom is -0.372 e. The zero-order valence-electron chi connectivity index (χ0n) is 12.4. The summed E-state index contributed by atoms with van der Waals surface area (Å²) in [6.07, 6.45) is 2.18. The maximum absolute atomic E-state index is 12.7. The number of anilines is 1. The lowest BCUT2D eigenvalue weighted by Crippen LogP contribution is -2.33. The standard InChI is InChI=1S/C13H20ClN3O2S2/c1-13(2)4-5-17(6-7-20-13)21(18,19)10-8-11(14)12(15-3)16-9-10/h8-9H,4-7H2,1-3H3,(H,15,16). The number of hydrogen-bond acceptors (Lipinski definition) is 5. The van der Waals surface area contributed by atoms with Crippen LogP contribution in [-0.2, 0) is 10.0 Å². The van der Waals surface area contributed by atoms with E-state index in [9.17, 15) is 8.42 Å². The average molecular weight is 350 g/mol. The highest BCUT2D eigenvalue weighted by atomic mass is 35.5. The van der Waals surface area contributed by atoms with E-state index in [1.807, 2.05) is 11.8 Å². The van der Waals surface area contributed by atoms with E-state index in [0.29, 0.717) is 23.9 Å². The number of halogens is 1. The SMILES string of the molecule is CNc1ncc(S(=O)(=O)N2CCSC(C)(C)CC2)cc1Cl. The van der Waals surface area contributed by atoms with Crippen LogP contribution < -0.4 is 5.32 Å². The summed E-state index contributed by atoms with van der Waals surface area (Å²) in [5.41, 5.74) is 0. The van der Waals surface area contributed by atoms with E-state index in [0.717, 1.165) is 12.2 Å². The zero-order valence-corrected chi connectivity index (χ0v) is 14.8. The molecule has 21 heavy (non-hydrogen) atoms. The van der Waals surface area contributed by atoms with Gasteiger partial charge in [0.25, 0.3) is 0 Å². The van der Waals surface area contributed by atoms with Crippen LogP contribution in [-0.4, -0.2) is 48.3 Å². The van der Waals surface area contributed by atoms with Gasteiger partial charge in [0.1, 0.15) is 10.7 Å². The smallest absolute Gasteiger partial charge is 0.244 e.